The van der Waals surface area contributed by atoms with Gasteiger partial charge in [-0.2, -0.15) is 0 Å². The molecule has 0 saturated carbocycles. The SMILES string of the molecule is CN(C)c1nnc2n(C/C=C/c3ccccc3)c(=O)c3cc(Br)ccc3n12. The lowest BCUT2D eigenvalue weighted by Crippen LogP contribution is -2.23. The van der Waals surface area contributed by atoms with Crippen LogP contribution in [0.5, 0.6) is 0 Å². The smallest absolute Gasteiger partial charge is 0.263 e. The molecule has 0 radical (unpaired) electrons. The van der Waals surface area contributed by atoms with E-state index in [1.165, 1.54) is 0 Å². The number of benzene rings is 2. The van der Waals surface area contributed by atoms with Gasteiger partial charge in [0.25, 0.3) is 5.56 Å². The number of fused-ring (bicyclic) bond motifs is 3. The average molecular weight is 424 g/mol. The number of aromatic nitrogens is 4. The molecule has 0 unspecified atom stereocenters. The first-order valence-electron chi connectivity index (χ1n) is 8.52. The minimum atomic E-state index is -0.0887. The molecule has 27 heavy (non-hydrogen) atoms. The molecule has 136 valence electrons. The highest BCUT2D eigenvalue weighted by molar-refractivity contribution is 9.10. The molecule has 2 heterocycles. The van der Waals surface area contributed by atoms with Gasteiger partial charge in [-0.3, -0.25) is 9.36 Å². The van der Waals surface area contributed by atoms with Gasteiger partial charge >= 0.3 is 0 Å². The third-order valence-electron chi connectivity index (χ3n) is 4.34. The van der Waals surface area contributed by atoms with E-state index in [4.69, 9.17) is 0 Å². The van der Waals surface area contributed by atoms with Crippen molar-refractivity contribution in [1.82, 2.24) is 19.2 Å². The van der Waals surface area contributed by atoms with Crippen molar-refractivity contribution in [2.45, 2.75) is 6.54 Å². The van der Waals surface area contributed by atoms with Gasteiger partial charge in [-0.25, -0.2) is 4.40 Å². The maximum Gasteiger partial charge on any atom is 0.263 e. The lowest BCUT2D eigenvalue weighted by atomic mass is 10.2. The number of rotatable bonds is 4. The summed E-state index contributed by atoms with van der Waals surface area (Å²) >= 11 is 3.46. The first-order chi connectivity index (χ1) is 13.1. The molecule has 0 amide bonds. The van der Waals surface area contributed by atoms with E-state index in [1.807, 2.05) is 84.1 Å². The van der Waals surface area contributed by atoms with Crippen molar-refractivity contribution in [3.05, 3.63) is 75.0 Å². The van der Waals surface area contributed by atoms with Crippen molar-refractivity contribution >= 4 is 44.6 Å². The molecule has 0 fully saturated rings. The van der Waals surface area contributed by atoms with E-state index < -0.39 is 0 Å². The topological polar surface area (TPSA) is 55.4 Å². The van der Waals surface area contributed by atoms with Crippen molar-refractivity contribution in [3.8, 4) is 0 Å². The lowest BCUT2D eigenvalue weighted by molar-refractivity contribution is 0.787. The summed E-state index contributed by atoms with van der Waals surface area (Å²) in [6.07, 6.45) is 3.96. The second-order valence-electron chi connectivity index (χ2n) is 6.42. The molecule has 7 heteroatoms. The van der Waals surface area contributed by atoms with Crippen LogP contribution in [0.25, 0.3) is 22.8 Å². The van der Waals surface area contributed by atoms with Gasteiger partial charge in [0.2, 0.25) is 11.7 Å². The van der Waals surface area contributed by atoms with Crippen molar-refractivity contribution in [2.75, 3.05) is 19.0 Å². The normalized spacial score (nSPS) is 11.7. The molecule has 6 nitrogen and oxygen atoms in total. The molecule has 0 bridgehead atoms. The molecular weight excluding hydrogens is 406 g/mol. The maximum atomic E-state index is 13.1. The molecule has 0 spiro atoms. The summed E-state index contributed by atoms with van der Waals surface area (Å²) in [6.45, 7) is 0.408. The van der Waals surface area contributed by atoms with Gasteiger partial charge in [-0.05, 0) is 23.8 Å². The molecule has 0 aliphatic rings. The molecule has 4 rings (SSSR count). The largest absolute Gasteiger partial charge is 0.347 e. The predicted molar refractivity (Wildman–Crippen MR) is 112 cm³/mol. The highest BCUT2D eigenvalue weighted by Gasteiger charge is 2.17. The van der Waals surface area contributed by atoms with Gasteiger partial charge in [0.05, 0.1) is 10.9 Å². The number of nitrogens with zero attached hydrogens (tertiary/aromatic N) is 5. The third kappa shape index (κ3) is 3.14. The van der Waals surface area contributed by atoms with Gasteiger partial charge in [-0.15, -0.1) is 10.2 Å². The van der Waals surface area contributed by atoms with Crippen LogP contribution < -0.4 is 10.5 Å². The standard InChI is InChI=1S/C20H18BrN5O/c1-24(2)19-22-23-20-25(12-6-9-14-7-4-3-5-8-14)18(27)16-13-15(21)10-11-17(16)26(19)20/h3-11,13H,12H2,1-2H3/b9-6+. The van der Waals surface area contributed by atoms with E-state index >= 15 is 0 Å². The second kappa shape index (κ2) is 7.00. The highest BCUT2D eigenvalue weighted by atomic mass is 79.9. The van der Waals surface area contributed by atoms with Crippen LogP contribution in [0.4, 0.5) is 5.95 Å². The number of hydrogen-bond acceptors (Lipinski definition) is 4. The zero-order valence-corrected chi connectivity index (χ0v) is 16.6. The molecule has 4 aromatic rings. The van der Waals surface area contributed by atoms with Crippen LogP contribution >= 0.6 is 15.9 Å². The Morgan fingerprint density at radius 2 is 1.89 bits per heavy atom. The Hall–Kier alpha value is -2.93. The van der Waals surface area contributed by atoms with Crippen molar-refractivity contribution < 1.29 is 0 Å². The molecule has 2 aromatic heterocycles. The fourth-order valence-electron chi connectivity index (χ4n) is 3.08. The highest BCUT2D eigenvalue weighted by Crippen LogP contribution is 2.22. The van der Waals surface area contributed by atoms with Crippen LogP contribution in [0.2, 0.25) is 0 Å². The first-order valence-corrected chi connectivity index (χ1v) is 9.31. The van der Waals surface area contributed by atoms with Crippen LogP contribution in [0.3, 0.4) is 0 Å². The van der Waals surface area contributed by atoms with Crippen LogP contribution in [-0.2, 0) is 6.54 Å². The van der Waals surface area contributed by atoms with Crippen molar-refractivity contribution in [2.24, 2.45) is 0 Å². The predicted octanol–water partition coefficient (Wildman–Crippen LogP) is 3.59. The van der Waals surface area contributed by atoms with Gasteiger partial charge < -0.3 is 4.90 Å². The summed E-state index contributed by atoms with van der Waals surface area (Å²) in [5.74, 6) is 1.20. The minimum Gasteiger partial charge on any atom is -0.347 e. The fraction of sp³-hybridized carbons (Fsp3) is 0.150. The average Bonchev–Trinajstić information content (AvgIpc) is 3.10. The molecule has 2 aromatic carbocycles. The Bertz CT molecular complexity index is 1210. The van der Waals surface area contributed by atoms with E-state index in [-0.39, 0.29) is 5.56 Å². The summed E-state index contributed by atoms with van der Waals surface area (Å²) in [4.78, 5) is 15.0. The Morgan fingerprint density at radius 3 is 2.63 bits per heavy atom. The summed E-state index contributed by atoms with van der Waals surface area (Å²) in [7, 11) is 3.82. The van der Waals surface area contributed by atoms with Gasteiger partial charge in [0.1, 0.15) is 0 Å². The molecule has 0 aliphatic heterocycles. The molecular formula is C20H18BrN5O. The molecule has 0 N–H and O–H groups in total. The Morgan fingerprint density at radius 1 is 1.11 bits per heavy atom. The second-order valence-corrected chi connectivity index (χ2v) is 7.34. The minimum absolute atomic E-state index is 0.0887. The quantitative estimate of drug-likeness (QED) is 0.503. The van der Waals surface area contributed by atoms with Gasteiger partial charge in [0, 0.05) is 25.1 Å². The summed E-state index contributed by atoms with van der Waals surface area (Å²) in [5.41, 5.74) is 1.78. The van der Waals surface area contributed by atoms with Crippen LogP contribution in [0.15, 0.2) is 63.9 Å². The molecule has 0 saturated heterocycles. The number of halogens is 1. The maximum absolute atomic E-state index is 13.1. The zero-order chi connectivity index (χ0) is 19.0. The van der Waals surface area contributed by atoms with Crippen LogP contribution in [-0.4, -0.2) is 33.3 Å². The zero-order valence-electron chi connectivity index (χ0n) is 15.0. The van der Waals surface area contributed by atoms with Gasteiger partial charge in [0.15, 0.2) is 0 Å². The third-order valence-corrected chi connectivity index (χ3v) is 4.84. The number of hydrogen-bond donors (Lipinski definition) is 0. The first kappa shape index (κ1) is 17.5. The number of allylic oxidation sites excluding steroid dienone is 1. The van der Waals surface area contributed by atoms with Crippen molar-refractivity contribution in [1.29, 1.82) is 0 Å². The van der Waals surface area contributed by atoms with E-state index in [0.29, 0.717) is 23.7 Å². The van der Waals surface area contributed by atoms with Crippen LogP contribution in [0.1, 0.15) is 5.56 Å². The van der Waals surface area contributed by atoms with Crippen molar-refractivity contribution in [3.63, 3.8) is 0 Å². The summed E-state index contributed by atoms with van der Waals surface area (Å²) in [5, 5.41) is 9.18. The van der Waals surface area contributed by atoms with Gasteiger partial charge in [-0.1, -0.05) is 58.4 Å². The Labute approximate surface area is 164 Å². The lowest BCUT2D eigenvalue weighted by Gasteiger charge is -2.13. The van der Waals surface area contributed by atoms with E-state index in [9.17, 15) is 4.79 Å². The summed E-state index contributed by atoms with van der Waals surface area (Å²) < 4.78 is 4.42. The Kier molecular flexibility index (Phi) is 4.53. The molecule has 0 atom stereocenters. The fourth-order valence-corrected chi connectivity index (χ4v) is 3.44. The van der Waals surface area contributed by atoms with E-state index in [2.05, 4.69) is 26.1 Å². The van der Waals surface area contributed by atoms with E-state index in [0.717, 1.165) is 15.6 Å². The summed E-state index contributed by atoms with van der Waals surface area (Å²) in [6, 6.07) is 15.7. The van der Waals surface area contributed by atoms with Crippen LogP contribution in [0, 0.1) is 0 Å². The molecule has 0 aliphatic carbocycles. The monoisotopic (exact) mass is 423 g/mol. The Balaban J connectivity index is 1.92. The number of anilines is 1. The van der Waals surface area contributed by atoms with E-state index in [1.54, 1.807) is 4.57 Å².